The summed E-state index contributed by atoms with van der Waals surface area (Å²) in [7, 11) is 1.61. The fraction of sp³-hybridized carbons (Fsp3) is 0.462. The van der Waals surface area contributed by atoms with E-state index in [1.807, 2.05) is 0 Å². The van der Waals surface area contributed by atoms with Gasteiger partial charge < -0.3 is 14.8 Å². The zero-order chi connectivity index (χ0) is 13.4. The van der Waals surface area contributed by atoms with Crippen molar-refractivity contribution >= 4 is 5.91 Å². The van der Waals surface area contributed by atoms with Crippen LogP contribution in [0.15, 0.2) is 18.2 Å². The number of nitrogens with one attached hydrogen (secondary N) is 1. The molecule has 0 spiro atoms. The lowest BCUT2D eigenvalue weighted by Gasteiger charge is -2.08. The van der Waals surface area contributed by atoms with Crippen molar-refractivity contribution in [1.82, 2.24) is 5.32 Å². The third-order valence-electron chi connectivity index (χ3n) is 2.35. The fourth-order valence-corrected chi connectivity index (χ4v) is 1.35. The largest absolute Gasteiger partial charge is 0.484 e. The van der Waals surface area contributed by atoms with Gasteiger partial charge in [0.15, 0.2) is 6.61 Å². The molecule has 0 bridgehead atoms. The Morgan fingerprint density at radius 2 is 2.22 bits per heavy atom. The SMILES string of the molecule is COCCCNC(=O)COc1ccc(F)c(C)c1. The molecule has 0 saturated heterocycles. The number of rotatable bonds is 7. The van der Waals surface area contributed by atoms with E-state index in [4.69, 9.17) is 9.47 Å². The second-order valence-corrected chi connectivity index (χ2v) is 3.90. The first-order chi connectivity index (χ1) is 8.63. The van der Waals surface area contributed by atoms with E-state index >= 15 is 0 Å². The minimum absolute atomic E-state index is 0.0714. The maximum Gasteiger partial charge on any atom is 0.257 e. The van der Waals surface area contributed by atoms with Gasteiger partial charge in [-0.05, 0) is 37.1 Å². The molecule has 0 unspecified atom stereocenters. The van der Waals surface area contributed by atoms with Gasteiger partial charge in [-0.25, -0.2) is 4.39 Å². The number of aryl methyl sites for hydroxylation is 1. The molecule has 1 N–H and O–H groups in total. The minimum atomic E-state index is -0.286. The third kappa shape index (κ3) is 5.14. The van der Waals surface area contributed by atoms with Crippen LogP contribution in [-0.2, 0) is 9.53 Å². The van der Waals surface area contributed by atoms with Gasteiger partial charge in [0.25, 0.3) is 5.91 Å². The molecule has 0 aliphatic carbocycles. The van der Waals surface area contributed by atoms with Crippen LogP contribution in [0.1, 0.15) is 12.0 Å². The van der Waals surface area contributed by atoms with Gasteiger partial charge in [-0.2, -0.15) is 0 Å². The molecule has 0 radical (unpaired) electrons. The first-order valence-electron chi connectivity index (χ1n) is 5.78. The molecule has 0 atom stereocenters. The number of hydrogen-bond donors (Lipinski definition) is 1. The standard InChI is InChI=1S/C13H18FNO3/c1-10-8-11(4-5-12(10)14)18-9-13(16)15-6-3-7-17-2/h4-5,8H,3,6-7,9H2,1-2H3,(H,15,16). The Morgan fingerprint density at radius 1 is 1.44 bits per heavy atom. The maximum atomic E-state index is 13.0. The molecule has 0 aliphatic heterocycles. The van der Waals surface area contributed by atoms with Gasteiger partial charge in [0.05, 0.1) is 0 Å². The highest BCUT2D eigenvalue weighted by atomic mass is 19.1. The lowest BCUT2D eigenvalue weighted by molar-refractivity contribution is -0.123. The van der Waals surface area contributed by atoms with Crippen molar-refractivity contribution in [3.63, 3.8) is 0 Å². The second-order valence-electron chi connectivity index (χ2n) is 3.90. The summed E-state index contributed by atoms with van der Waals surface area (Å²) in [6.07, 6.45) is 0.762. The third-order valence-corrected chi connectivity index (χ3v) is 2.35. The normalized spacial score (nSPS) is 10.2. The quantitative estimate of drug-likeness (QED) is 0.754. The van der Waals surface area contributed by atoms with Gasteiger partial charge >= 0.3 is 0 Å². The Hall–Kier alpha value is -1.62. The molecular weight excluding hydrogens is 237 g/mol. The highest BCUT2D eigenvalue weighted by molar-refractivity contribution is 5.77. The highest BCUT2D eigenvalue weighted by Crippen LogP contribution is 2.15. The topological polar surface area (TPSA) is 47.6 Å². The van der Waals surface area contributed by atoms with Gasteiger partial charge in [0.2, 0.25) is 0 Å². The summed E-state index contributed by atoms with van der Waals surface area (Å²) in [6, 6.07) is 4.38. The molecule has 1 aromatic rings. The van der Waals surface area contributed by atoms with E-state index in [9.17, 15) is 9.18 Å². The van der Waals surface area contributed by atoms with Crippen LogP contribution in [0.5, 0.6) is 5.75 Å². The predicted octanol–water partition coefficient (Wildman–Crippen LogP) is 1.67. The van der Waals surface area contributed by atoms with Crippen molar-refractivity contribution in [3.8, 4) is 5.75 Å². The van der Waals surface area contributed by atoms with Crippen LogP contribution in [-0.4, -0.2) is 32.8 Å². The van der Waals surface area contributed by atoms with Gasteiger partial charge in [-0.3, -0.25) is 4.79 Å². The van der Waals surface area contributed by atoms with E-state index in [0.717, 1.165) is 6.42 Å². The average molecular weight is 255 g/mol. The average Bonchev–Trinajstić information content (AvgIpc) is 2.36. The summed E-state index contributed by atoms with van der Waals surface area (Å²) >= 11 is 0. The van der Waals surface area contributed by atoms with E-state index in [-0.39, 0.29) is 18.3 Å². The number of benzene rings is 1. The van der Waals surface area contributed by atoms with Crippen LogP contribution >= 0.6 is 0 Å². The van der Waals surface area contributed by atoms with E-state index < -0.39 is 0 Å². The first-order valence-corrected chi connectivity index (χ1v) is 5.78. The lowest BCUT2D eigenvalue weighted by Crippen LogP contribution is -2.30. The van der Waals surface area contributed by atoms with E-state index in [0.29, 0.717) is 24.5 Å². The van der Waals surface area contributed by atoms with Crippen molar-refractivity contribution < 1.29 is 18.7 Å². The number of halogens is 1. The number of carbonyl (C=O) groups is 1. The Balaban J connectivity index is 2.27. The molecule has 18 heavy (non-hydrogen) atoms. The zero-order valence-electron chi connectivity index (χ0n) is 10.7. The molecule has 0 heterocycles. The minimum Gasteiger partial charge on any atom is -0.484 e. The number of hydrogen-bond acceptors (Lipinski definition) is 3. The molecule has 1 rings (SSSR count). The molecule has 0 fully saturated rings. The van der Waals surface area contributed by atoms with Crippen LogP contribution in [0, 0.1) is 12.7 Å². The monoisotopic (exact) mass is 255 g/mol. The Morgan fingerprint density at radius 3 is 2.89 bits per heavy atom. The number of carbonyl (C=O) groups excluding carboxylic acids is 1. The van der Waals surface area contributed by atoms with Crippen LogP contribution in [0.2, 0.25) is 0 Å². The molecule has 0 saturated carbocycles. The van der Waals surface area contributed by atoms with Crippen LogP contribution in [0.3, 0.4) is 0 Å². The summed E-state index contributed by atoms with van der Waals surface area (Å²) in [6.45, 7) is 2.74. The van der Waals surface area contributed by atoms with Crippen molar-refractivity contribution in [2.75, 3.05) is 26.9 Å². The van der Waals surface area contributed by atoms with Crippen LogP contribution in [0.25, 0.3) is 0 Å². The van der Waals surface area contributed by atoms with Crippen molar-refractivity contribution in [2.45, 2.75) is 13.3 Å². The molecule has 5 heteroatoms. The molecule has 100 valence electrons. The Labute approximate surface area is 106 Å². The highest BCUT2D eigenvalue weighted by Gasteiger charge is 2.04. The maximum absolute atomic E-state index is 13.0. The molecule has 4 nitrogen and oxygen atoms in total. The van der Waals surface area contributed by atoms with Crippen LogP contribution in [0.4, 0.5) is 4.39 Å². The molecule has 1 amide bonds. The molecule has 1 aromatic carbocycles. The lowest BCUT2D eigenvalue weighted by atomic mass is 10.2. The summed E-state index contributed by atoms with van der Waals surface area (Å²) in [5.74, 6) is 0.000361. The van der Waals surface area contributed by atoms with E-state index in [2.05, 4.69) is 5.32 Å². The van der Waals surface area contributed by atoms with Crippen molar-refractivity contribution in [3.05, 3.63) is 29.6 Å². The zero-order valence-corrected chi connectivity index (χ0v) is 10.7. The van der Waals surface area contributed by atoms with E-state index in [1.54, 1.807) is 20.1 Å². The van der Waals surface area contributed by atoms with Gasteiger partial charge in [0, 0.05) is 20.3 Å². The fourth-order valence-electron chi connectivity index (χ4n) is 1.35. The van der Waals surface area contributed by atoms with Crippen molar-refractivity contribution in [1.29, 1.82) is 0 Å². The van der Waals surface area contributed by atoms with Crippen molar-refractivity contribution in [2.24, 2.45) is 0 Å². The van der Waals surface area contributed by atoms with Gasteiger partial charge in [-0.1, -0.05) is 0 Å². The van der Waals surface area contributed by atoms with Gasteiger partial charge in [-0.15, -0.1) is 0 Å². The summed E-state index contributed by atoms with van der Waals surface area (Å²) in [5, 5.41) is 2.70. The molecule has 0 aliphatic rings. The second kappa shape index (κ2) is 7.66. The first kappa shape index (κ1) is 14.4. The Bertz CT molecular complexity index is 396. The Kier molecular flexibility index (Phi) is 6.14. The summed E-state index contributed by atoms with van der Waals surface area (Å²) in [4.78, 5) is 11.4. The van der Waals surface area contributed by atoms with Crippen LogP contribution < -0.4 is 10.1 Å². The number of methoxy groups -OCH3 is 1. The molecule has 0 aromatic heterocycles. The number of amides is 1. The number of ether oxygens (including phenoxy) is 2. The van der Waals surface area contributed by atoms with E-state index in [1.165, 1.54) is 12.1 Å². The summed E-state index contributed by atoms with van der Waals surface area (Å²) in [5.41, 5.74) is 0.494. The molecular formula is C13H18FNO3. The van der Waals surface area contributed by atoms with Gasteiger partial charge in [0.1, 0.15) is 11.6 Å². The summed E-state index contributed by atoms with van der Waals surface area (Å²) < 4.78 is 23.1. The smallest absolute Gasteiger partial charge is 0.257 e. The predicted molar refractivity (Wildman–Crippen MR) is 66.1 cm³/mol.